The number of hydrogen-bond donors (Lipinski definition) is 1. The monoisotopic (exact) mass is 433 g/mol. The fraction of sp³-hybridized carbons (Fsp3) is 0.375. The number of nitrogens with one attached hydrogen (secondary N) is 1. The summed E-state index contributed by atoms with van der Waals surface area (Å²) in [4.78, 5) is 39.6. The van der Waals surface area contributed by atoms with Gasteiger partial charge >= 0.3 is 0 Å². The second kappa shape index (κ2) is 8.53. The van der Waals surface area contributed by atoms with Crippen LogP contribution in [0.5, 0.6) is 0 Å². The Bertz CT molecular complexity index is 1060. The van der Waals surface area contributed by atoms with Gasteiger partial charge in [-0.15, -0.1) is 0 Å². The molecule has 1 N–H and O–H groups in total. The number of carbonyl (C=O) groups is 3. The lowest BCUT2D eigenvalue weighted by Crippen LogP contribution is -2.43. The maximum atomic E-state index is 13.1. The van der Waals surface area contributed by atoms with Gasteiger partial charge in [0.2, 0.25) is 5.91 Å². The Morgan fingerprint density at radius 3 is 2.03 bits per heavy atom. The molecule has 3 amide bonds. The maximum Gasteiger partial charge on any atom is 0.263 e. The highest BCUT2D eigenvalue weighted by atomic mass is 16.2. The molecule has 1 fully saturated rings. The first-order valence-corrected chi connectivity index (χ1v) is 10.8. The van der Waals surface area contributed by atoms with Crippen LogP contribution >= 0.6 is 0 Å². The number of nitrogens with zero attached hydrogens (tertiary/aromatic N) is 4. The van der Waals surface area contributed by atoms with Gasteiger partial charge in [-0.3, -0.25) is 19.4 Å². The van der Waals surface area contributed by atoms with Crippen LogP contribution in [-0.2, 0) is 14.4 Å². The molecule has 0 bridgehead atoms. The van der Waals surface area contributed by atoms with Crippen LogP contribution in [0, 0.1) is 0 Å². The first kappa shape index (κ1) is 21.7. The van der Waals surface area contributed by atoms with E-state index in [4.69, 9.17) is 0 Å². The van der Waals surface area contributed by atoms with Crippen molar-refractivity contribution < 1.29 is 14.4 Å². The van der Waals surface area contributed by atoms with E-state index < -0.39 is 23.9 Å². The van der Waals surface area contributed by atoms with E-state index in [1.807, 2.05) is 36.4 Å². The minimum atomic E-state index is -0.926. The van der Waals surface area contributed by atoms with Crippen LogP contribution in [0.3, 0.4) is 0 Å². The molecule has 0 radical (unpaired) electrons. The Labute approximate surface area is 187 Å². The SMILES string of the molecule is CC(C)c1ccc(NC(=O)CN2N=N[C@@H]3C(=O)N(c4ccc(C(C)C)cc4)C(=O)[C@H]32)cc1. The summed E-state index contributed by atoms with van der Waals surface area (Å²) in [6.45, 7) is 8.19. The summed E-state index contributed by atoms with van der Waals surface area (Å²) in [5.74, 6) is -0.429. The van der Waals surface area contributed by atoms with Crippen molar-refractivity contribution in [3.05, 3.63) is 59.7 Å². The predicted molar refractivity (Wildman–Crippen MR) is 121 cm³/mol. The number of fused-ring (bicyclic) bond motifs is 1. The number of imide groups is 1. The molecule has 2 aromatic carbocycles. The van der Waals surface area contributed by atoms with Crippen molar-refractivity contribution in [2.24, 2.45) is 10.3 Å². The molecule has 0 saturated carbocycles. The van der Waals surface area contributed by atoms with Crippen LogP contribution in [0.2, 0.25) is 0 Å². The third kappa shape index (κ3) is 4.00. The molecule has 0 spiro atoms. The molecule has 8 nitrogen and oxygen atoms in total. The molecule has 32 heavy (non-hydrogen) atoms. The largest absolute Gasteiger partial charge is 0.324 e. The van der Waals surface area contributed by atoms with Crippen LogP contribution in [0.25, 0.3) is 0 Å². The van der Waals surface area contributed by atoms with Gasteiger partial charge in [-0.2, -0.15) is 5.11 Å². The van der Waals surface area contributed by atoms with Gasteiger partial charge in [0, 0.05) is 5.69 Å². The number of carbonyl (C=O) groups excluding carboxylic acids is 3. The first-order chi connectivity index (χ1) is 15.3. The quantitative estimate of drug-likeness (QED) is 0.700. The molecule has 1 saturated heterocycles. The zero-order valence-electron chi connectivity index (χ0n) is 18.6. The molecule has 2 heterocycles. The van der Waals surface area contributed by atoms with E-state index in [2.05, 4.69) is 43.3 Å². The molecule has 2 aliphatic heterocycles. The van der Waals surface area contributed by atoms with Crippen LogP contribution in [0.1, 0.15) is 50.7 Å². The predicted octanol–water partition coefficient (Wildman–Crippen LogP) is 3.87. The Balaban J connectivity index is 1.44. The van der Waals surface area contributed by atoms with Gasteiger partial charge in [0.15, 0.2) is 12.1 Å². The van der Waals surface area contributed by atoms with Crippen molar-refractivity contribution in [1.29, 1.82) is 0 Å². The summed E-state index contributed by atoms with van der Waals surface area (Å²) in [6.07, 6.45) is 0. The van der Waals surface area contributed by atoms with E-state index in [1.54, 1.807) is 12.1 Å². The molecular weight excluding hydrogens is 406 g/mol. The van der Waals surface area contributed by atoms with Crippen molar-refractivity contribution in [1.82, 2.24) is 5.01 Å². The van der Waals surface area contributed by atoms with Gasteiger partial charge in [-0.1, -0.05) is 57.2 Å². The highest BCUT2D eigenvalue weighted by Gasteiger charge is 2.55. The summed E-state index contributed by atoms with van der Waals surface area (Å²) in [5, 5.41) is 12.0. The van der Waals surface area contributed by atoms with E-state index in [1.165, 1.54) is 10.6 Å². The Morgan fingerprint density at radius 2 is 1.47 bits per heavy atom. The van der Waals surface area contributed by atoms with E-state index >= 15 is 0 Å². The molecule has 2 atom stereocenters. The first-order valence-electron chi connectivity index (χ1n) is 10.8. The molecule has 4 rings (SSSR count). The highest BCUT2D eigenvalue weighted by Crippen LogP contribution is 2.32. The lowest BCUT2D eigenvalue weighted by Gasteiger charge is -2.20. The van der Waals surface area contributed by atoms with Gasteiger partial charge in [-0.25, -0.2) is 4.90 Å². The molecule has 0 unspecified atom stereocenters. The van der Waals surface area contributed by atoms with Crippen molar-refractivity contribution in [2.45, 2.75) is 51.6 Å². The molecule has 8 heteroatoms. The van der Waals surface area contributed by atoms with Crippen molar-refractivity contribution in [3.63, 3.8) is 0 Å². The van der Waals surface area contributed by atoms with Gasteiger partial charge in [-0.05, 0) is 47.2 Å². The Morgan fingerprint density at radius 1 is 0.906 bits per heavy atom. The van der Waals surface area contributed by atoms with Gasteiger partial charge in [0.1, 0.15) is 6.54 Å². The van der Waals surface area contributed by atoms with Gasteiger partial charge in [0.05, 0.1) is 5.69 Å². The number of amides is 3. The molecular formula is C24H27N5O3. The van der Waals surface area contributed by atoms with E-state index in [0.29, 0.717) is 23.2 Å². The van der Waals surface area contributed by atoms with Crippen molar-refractivity contribution in [2.75, 3.05) is 16.8 Å². The zero-order chi connectivity index (χ0) is 23.0. The summed E-state index contributed by atoms with van der Waals surface area (Å²) < 4.78 is 0. The summed E-state index contributed by atoms with van der Waals surface area (Å²) in [6, 6.07) is 13.1. The average molecular weight is 434 g/mol. The maximum absolute atomic E-state index is 13.1. The molecule has 2 aliphatic rings. The smallest absolute Gasteiger partial charge is 0.263 e. The third-order valence-corrected chi connectivity index (χ3v) is 5.84. The van der Waals surface area contributed by atoms with Crippen molar-refractivity contribution >= 4 is 29.1 Å². The lowest BCUT2D eigenvalue weighted by molar-refractivity contribution is -0.123. The fourth-order valence-corrected chi connectivity index (χ4v) is 3.92. The molecule has 166 valence electrons. The average Bonchev–Trinajstić information content (AvgIpc) is 3.28. The molecule has 0 aliphatic carbocycles. The fourth-order valence-electron chi connectivity index (χ4n) is 3.92. The Hall–Kier alpha value is -3.55. The van der Waals surface area contributed by atoms with E-state index in [9.17, 15) is 14.4 Å². The van der Waals surface area contributed by atoms with E-state index in [-0.39, 0.29) is 12.5 Å². The molecule has 0 aromatic heterocycles. The second-order valence-corrected chi connectivity index (χ2v) is 8.78. The number of rotatable bonds is 6. The normalized spacial score (nSPS) is 19.9. The van der Waals surface area contributed by atoms with Crippen molar-refractivity contribution in [3.8, 4) is 0 Å². The second-order valence-electron chi connectivity index (χ2n) is 8.78. The van der Waals surface area contributed by atoms with E-state index in [0.717, 1.165) is 10.5 Å². The summed E-state index contributed by atoms with van der Waals surface area (Å²) >= 11 is 0. The Kier molecular flexibility index (Phi) is 5.78. The zero-order valence-corrected chi connectivity index (χ0v) is 18.6. The summed E-state index contributed by atoms with van der Waals surface area (Å²) in [5.41, 5.74) is 3.46. The number of hydrogen-bond acceptors (Lipinski definition) is 6. The topological polar surface area (TPSA) is 94.4 Å². The standard InChI is InChI=1S/C24H27N5O3/c1-14(2)16-5-9-18(10-6-16)25-20(30)13-28-22-21(26-27-28)23(31)29(24(22)32)19-11-7-17(8-12-19)15(3)4/h5-12,14-15,21-22H,13H2,1-4H3,(H,25,30)/t21-,22-/m0/s1. The highest BCUT2D eigenvalue weighted by molar-refractivity contribution is 6.25. The van der Waals surface area contributed by atoms with Crippen LogP contribution in [0.15, 0.2) is 58.9 Å². The minimum Gasteiger partial charge on any atom is -0.324 e. The lowest BCUT2D eigenvalue weighted by atomic mass is 10.0. The number of benzene rings is 2. The number of anilines is 2. The van der Waals surface area contributed by atoms with Gasteiger partial charge < -0.3 is 5.32 Å². The minimum absolute atomic E-state index is 0.171. The van der Waals surface area contributed by atoms with Crippen LogP contribution in [0.4, 0.5) is 11.4 Å². The molecule has 2 aromatic rings. The summed E-state index contributed by atoms with van der Waals surface area (Å²) in [7, 11) is 0. The third-order valence-electron chi connectivity index (χ3n) is 5.84. The van der Waals surface area contributed by atoms with Crippen LogP contribution < -0.4 is 10.2 Å². The van der Waals surface area contributed by atoms with Crippen LogP contribution in [-0.4, -0.2) is 41.4 Å². The van der Waals surface area contributed by atoms with Gasteiger partial charge in [0.25, 0.3) is 11.8 Å².